The number of esters is 1. The number of methoxy groups -OCH3 is 3. The van der Waals surface area contributed by atoms with Crippen LogP contribution in [-0.4, -0.2) is 72.1 Å². The molecule has 3 heterocycles. The van der Waals surface area contributed by atoms with E-state index in [2.05, 4.69) is 0 Å². The van der Waals surface area contributed by atoms with Crippen molar-refractivity contribution in [2.24, 2.45) is 0 Å². The number of amides is 2. The number of thioether (sulfide) groups is 1. The third-order valence-corrected chi connectivity index (χ3v) is 8.11. The largest absolute Gasteiger partial charge is 0.493 e. The maximum absolute atomic E-state index is 13.7. The van der Waals surface area contributed by atoms with Gasteiger partial charge in [0.2, 0.25) is 11.8 Å². The predicted molar refractivity (Wildman–Crippen MR) is 115 cm³/mol. The highest BCUT2D eigenvalue weighted by Crippen LogP contribution is 2.48. The highest BCUT2D eigenvalue weighted by Gasteiger charge is 2.54. The quantitative estimate of drug-likeness (QED) is 0.638. The average Bonchev–Trinajstić information content (AvgIpc) is 3.27. The summed E-state index contributed by atoms with van der Waals surface area (Å²) in [6.07, 6.45) is 1.89. The molecule has 2 saturated heterocycles. The number of rotatable bonds is 5. The molecule has 31 heavy (non-hydrogen) atoms. The van der Waals surface area contributed by atoms with Gasteiger partial charge in [0.1, 0.15) is 6.04 Å². The number of benzene rings is 1. The molecule has 3 aliphatic rings. The van der Waals surface area contributed by atoms with E-state index in [0.717, 1.165) is 17.5 Å². The monoisotopic (exact) mass is 448 g/mol. The van der Waals surface area contributed by atoms with Gasteiger partial charge in [-0.25, -0.2) is 0 Å². The number of nitrogens with zero attached hydrogens (tertiary/aromatic N) is 2. The smallest absolute Gasteiger partial charge is 0.307 e. The molecule has 3 atom stereocenters. The molecule has 4 rings (SSSR count). The van der Waals surface area contributed by atoms with Gasteiger partial charge in [-0.15, -0.1) is 11.8 Å². The first-order valence-electron chi connectivity index (χ1n) is 10.4. The second kappa shape index (κ2) is 8.26. The molecule has 1 aromatic rings. The third kappa shape index (κ3) is 3.62. The minimum atomic E-state index is -0.508. The number of fused-ring (bicyclic) bond motifs is 2. The Hall–Kier alpha value is -2.42. The lowest BCUT2D eigenvalue weighted by Crippen LogP contribution is -2.53. The van der Waals surface area contributed by atoms with Gasteiger partial charge in [-0.1, -0.05) is 0 Å². The molecule has 9 heteroatoms. The Labute approximate surface area is 186 Å². The summed E-state index contributed by atoms with van der Waals surface area (Å²) in [4.78, 5) is 41.7. The Morgan fingerprint density at radius 2 is 1.87 bits per heavy atom. The second-order valence-corrected chi connectivity index (χ2v) is 9.75. The molecule has 3 unspecified atom stereocenters. The summed E-state index contributed by atoms with van der Waals surface area (Å²) >= 11 is 1.67. The zero-order chi connectivity index (χ0) is 22.3. The van der Waals surface area contributed by atoms with Crippen LogP contribution in [0.25, 0.3) is 0 Å². The minimum Gasteiger partial charge on any atom is -0.493 e. The molecule has 2 amide bonds. The molecule has 2 fully saturated rings. The van der Waals surface area contributed by atoms with Crippen LogP contribution in [0.4, 0.5) is 0 Å². The van der Waals surface area contributed by atoms with Crippen molar-refractivity contribution in [3.63, 3.8) is 0 Å². The Morgan fingerprint density at radius 1 is 1.16 bits per heavy atom. The molecule has 0 aromatic heterocycles. The van der Waals surface area contributed by atoms with Crippen molar-refractivity contribution in [1.29, 1.82) is 0 Å². The first-order valence-corrected chi connectivity index (χ1v) is 11.4. The van der Waals surface area contributed by atoms with Crippen molar-refractivity contribution < 1.29 is 28.6 Å². The van der Waals surface area contributed by atoms with Gasteiger partial charge in [0.25, 0.3) is 0 Å². The molecule has 0 radical (unpaired) electrons. The van der Waals surface area contributed by atoms with E-state index < -0.39 is 18.1 Å². The molecule has 0 bridgehead atoms. The van der Waals surface area contributed by atoms with Crippen LogP contribution in [0.3, 0.4) is 0 Å². The topological polar surface area (TPSA) is 85.4 Å². The van der Waals surface area contributed by atoms with Crippen molar-refractivity contribution in [2.75, 3.05) is 33.6 Å². The zero-order valence-corrected chi connectivity index (χ0v) is 19.1. The normalized spacial score (nSPS) is 27.0. The van der Waals surface area contributed by atoms with E-state index in [-0.39, 0.29) is 23.1 Å². The van der Waals surface area contributed by atoms with Crippen LogP contribution in [0.2, 0.25) is 0 Å². The van der Waals surface area contributed by atoms with E-state index in [4.69, 9.17) is 14.2 Å². The number of hydrogen-bond donors (Lipinski definition) is 0. The van der Waals surface area contributed by atoms with E-state index in [1.54, 1.807) is 35.8 Å². The predicted octanol–water partition coefficient (Wildman–Crippen LogP) is 2.15. The van der Waals surface area contributed by atoms with Crippen molar-refractivity contribution in [3.05, 3.63) is 23.3 Å². The summed E-state index contributed by atoms with van der Waals surface area (Å²) in [6.45, 7) is 2.49. The first-order chi connectivity index (χ1) is 14.8. The van der Waals surface area contributed by atoms with Crippen LogP contribution in [0.15, 0.2) is 12.1 Å². The van der Waals surface area contributed by atoms with Gasteiger partial charge in [-0.05, 0) is 43.0 Å². The van der Waals surface area contributed by atoms with Crippen LogP contribution in [0.5, 0.6) is 11.5 Å². The van der Waals surface area contributed by atoms with Crippen LogP contribution in [0.1, 0.15) is 43.4 Å². The molecule has 0 saturated carbocycles. The Bertz CT molecular complexity index is 922. The third-order valence-electron chi connectivity index (χ3n) is 6.60. The van der Waals surface area contributed by atoms with Gasteiger partial charge in [-0.2, -0.15) is 0 Å². The van der Waals surface area contributed by atoms with E-state index in [1.807, 2.05) is 19.1 Å². The number of carbonyl (C=O) groups is 3. The summed E-state index contributed by atoms with van der Waals surface area (Å²) in [5.41, 5.74) is 1.86. The van der Waals surface area contributed by atoms with Crippen molar-refractivity contribution in [3.8, 4) is 11.5 Å². The Kier molecular flexibility index (Phi) is 5.81. The molecular weight excluding hydrogens is 420 g/mol. The zero-order valence-electron chi connectivity index (χ0n) is 18.3. The highest BCUT2D eigenvalue weighted by atomic mass is 32.2. The fourth-order valence-electron chi connectivity index (χ4n) is 4.95. The Morgan fingerprint density at radius 3 is 2.55 bits per heavy atom. The van der Waals surface area contributed by atoms with Crippen molar-refractivity contribution >= 4 is 29.5 Å². The van der Waals surface area contributed by atoms with Crippen LogP contribution in [-0.2, 0) is 25.5 Å². The van der Waals surface area contributed by atoms with Crippen molar-refractivity contribution in [1.82, 2.24) is 9.80 Å². The van der Waals surface area contributed by atoms with Gasteiger partial charge >= 0.3 is 5.97 Å². The second-order valence-electron chi connectivity index (χ2n) is 8.25. The maximum atomic E-state index is 13.7. The minimum absolute atomic E-state index is 0.0270. The SMILES string of the molecule is COC(=O)CC1c2cc(OC)c(OC)cc2CCN1C(=O)C1CSC2(C)CCC(=O)N12. The standard InChI is InChI=1S/C22H28N2O6S/c1-22-7-5-19(25)24(22)16(12-31-22)21(27)23-8-6-13-9-17(28-2)18(29-3)10-14(13)15(23)11-20(26)30-4/h9-10,15-16H,5-8,11-12H2,1-4H3. The van der Waals surface area contributed by atoms with Crippen LogP contribution in [0, 0.1) is 0 Å². The van der Waals surface area contributed by atoms with E-state index in [9.17, 15) is 14.4 Å². The summed E-state index contributed by atoms with van der Waals surface area (Å²) in [7, 11) is 4.48. The molecule has 8 nitrogen and oxygen atoms in total. The summed E-state index contributed by atoms with van der Waals surface area (Å²) in [5, 5.41) is 0. The molecule has 3 aliphatic heterocycles. The van der Waals surface area contributed by atoms with E-state index in [1.165, 1.54) is 7.11 Å². The molecule has 0 N–H and O–H groups in total. The average molecular weight is 449 g/mol. The van der Waals surface area contributed by atoms with Gasteiger partial charge < -0.3 is 24.0 Å². The highest BCUT2D eigenvalue weighted by molar-refractivity contribution is 8.01. The van der Waals surface area contributed by atoms with E-state index in [0.29, 0.717) is 36.6 Å². The molecular formula is C22H28N2O6S. The van der Waals surface area contributed by atoms with Crippen LogP contribution >= 0.6 is 11.8 Å². The summed E-state index contributed by atoms with van der Waals surface area (Å²) < 4.78 is 15.8. The molecule has 0 spiro atoms. The molecule has 0 aliphatic carbocycles. The van der Waals surface area contributed by atoms with Gasteiger partial charge in [0, 0.05) is 18.7 Å². The summed E-state index contributed by atoms with van der Waals surface area (Å²) in [6, 6.07) is 2.76. The molecule has 168 valence electrons. The maximum Gasteiger partial charge on any atom is 0.307 e. The fourth-order valence-corrected chi connectivity index (χ4v) is 6.37. The molecule has 1 aromatic carbocycles. The number of carbonyl (C=O) groups excluding carboxylic acids is 3. The van der Waals surface area contributed by atoms with E-state index >= 15 is 0 Å². The number of hydrogen-bond acceptors (Lipinski definition) is 7. The Balaban J connectivity index is 1.70. The van der Waals surface area contributed by atoms with Gasteiger partial charge in [-0.3, -0.25) is 14.4 Å². The lowest BCUT2D eigenvalue weighted by atomic mass is 9.89. The first kappa shape index (κ1) is 21.8. The van der Waals surface area contributed by atoms with Crippen molar-refractivity contribution in [2.45, 2.75) is 49.6 Å². The lowest BCUT2D eigenvalue weighted by molar-refractivity contribution is -0.149. The van der Waals surface area contributed by atoms with Gasteiger partial charge in [0.15, 0.2) is 11.5 Å². The number of ether oxygens (including phenoxy) is 3. The lowest BCUT2D eigenvalue weighted by Gasteiger charge is -2.40. The fraction of sp³-hybridized carbons (Fsp3) is 0.591. The van der Waals surface area contributed by atoms with Gasteiger partial charge in [0.05, 0.1) is 38.7 Å². The summed E-state index contributed by atoms with van der Waals surface area (Å²) in [5.74, 6) is 1.25. The van der Waals surface area contributed by atoms with Crippen LogP contribution < -0.4 is 9.47 Å².